The molecule has 1 aliphatic carbocycles. The van der Waals surface area contributed by atoms with Gasteiger partial charge in [0.25, 0.3) is 11.8 Å². The number of alkyl halides is 4. The van der Waals surface area contributed by atoms with E-state index in [0.29, 0.717) is 30.1 Å². The van der Waals surface area contributed by atoms with Gasteiger partial charge >= 0.3 is 6.18 Å². The molecule has 1 N–H and O–H groups in total. The summed E-state index contributed by atoms with van der Waals surface area (Å²) in [6, 6.07) is 10.0. The van der Waals surface area contributed by atoms with Gasteiger partial charge in [0.15, 0.2) is 0 Å². The average Bonchev–Trinajstić information content (AvgIpc) is 3.73. The maximum atomic E-state index is 14.0. The predicted molar refractivity (Wildman–Crippen MR) is 168 cm³/mol. The van der Waals surface area contributed by atoms with Crippen LogP contribution >= 0.6 is 0 Å². The Labute approximate surface area is 267 Å². The third kappa shape index (κ3) is 6.25. The summed E-state index contributed by atoms with van der Waals surface area (Å²) in [6.45, 7) is 6.16. The number of carbonyl (C=O) groups is 2. The molecule has 2 fully saturated rings. The summed E-state index contributed by atoms with van der Waals surface area (Å²) in [6.07, 6.45) is -1.49. The summed E-state index contributed by atoms with van der Waals surface area (Å²) in [4.78, 5) is 27.3. The minimum Gasteiger partial charge on any atom is -0.329 e. The zero-order valence-electron chi connectivity index (χ0n) is 26.6. The Hall–Kier alpha value is -4.24. The van der Waals surface area contributed by atoms with Crippen molar-refractivity contribution in [3.05, 3.63) is 76.4 Å². The number of halogens is 4. The molecular formula is C34H40F4N6O2. The highest BCUT2D eigenvalue weighted by molar-refractivity contribution is 6.10. The Morgan fingerprint density at radius 1 is 1.22 bits per heavy atom. The monoisotopic (exact) mass is 640 g/mol. The molecule has 1 saturated carbocycles. The fourth-order valence-corrected chi connectivity index (χ4v) is 6.76. The molecule has 1 saturated heterocycles. The fourth-order valence-electron chi connectivity index (χ4n) is 6.76. The molecule has 0 radical (unpaired) electrons. The maximum absolute atomic E-state index is 14.0. The lowest BCUT2D eigenvalue weighted by Crippen LogP contribution is -2.43. The molecule has 2 amide bonds. The minimum absolute atomic E-state index is 0. The topological polar surface area (TPSA) is 83.4 Å². The fraction of sp³-hybridized carbons (Fsp3) is 0.471. The molecule has 2 aliphatic heterocycles. The van der Waals surface area contributed by atoms with Gasteiger partial charge in [0, 0.05) is 32.3 Å². The highest BCUT2D eigenvalue weighted by Gasteiger charge is 2.48. The van der Waals surface area contributed by atoms with E-state index in [1.165, 1.54) is 9.80 Å². The molecule has 6 rings (SSSR count). The molecule has 3 heterocycles. The van der Waals surface area contributed by atoms with Gasteiger partial charge in [0.05, 0.1) is 24.1 Å². The summed E-state index contributed by atoms with van der Waals surface area (Å²) < 4.78 is 56.4. The van der Waals surface area contributed by atoms with Gasteiger partial charge in [0.1, 0.15) is 18.3 Å². The second-order valence-corrected chi connectivity index (χ2v) is 12.4. The van der Waals surface area contributed by atoms with E-state index in [0.717, 1.165) is 30.3 Å². The standard InChI is InChI=1S/C26H28F3N5O.C8H10FNO.H2/c1-15-11-25(12-15,24-32-31-14-33(24)4)18-6-5-7-19(10-18)34-13-21-20(23(34)35)8-17(16(2)30-3)9-22(21)26(27,28)29;1-2-3-8(11)10-5-4-7(9)6-10;/h5-10,14-16,30H,11-13H2,1-4H3;7H,4-6H2,1H3;1H/t15?,16-,25?;7-;/m00./s1. The third-order valence-corrected chi connectivity index (χ3v) is 9.20. The van der Waals surface area contributed by atoms with Crippen molar-refractivity contribution in [2.75, 3.05) is 25.0 Å². The first-order valence-electron chi connectivity index (χ1n) is 15.3. The smallest absolute Gasteiger partial charge is 0.329 e. The van der Waals surface area contributed by atoms with Crippen LogP contribution in [0.25, 0.3) is 0 Å². The average molecular weight is 641 g/mol. The first-order chi connectivity index (χ1) is 21.8. The van der Waals surface area contributed by atoms with Crippen LogP contribution in [0.3, 0.4) is 0 Å². The molecule has 2 atom stereocenters. The second-order valence-electron chi connectivity index (χ2n) is 12.4. The number of aromatic nitrogens is 3. The second kappa shape index (κ2) is 12.9. The van der Waals surface area contributed by atoms with Crippen molar-refractivity contribution in [3.63, 3.8) is 0 Å². The van der Waals surface area contributed by atoms with Crippen LogP contribution in [0.15, 0.2) is 42.7 Å². The van der Waals surface area contributed by atoms with E-state index in [-0.39, 0.29) is 43.0 Å². The van der Waals surface area contributed by atoms with Gasteiger partial charge in [-0.25, -0.2) is 4.39 Å². The van der Waals surface area contributed by atoms with Crippen LogP contribution in [0.4, 0.5) is 23.2 Å². The number of amides is 2. The van der Waals surface area contributed by atoms with Crippen LogP contribution in [0.5, 0.6) is 0 Å². The van der Waals surface area contributed by atoms with Crippen LogP contribution in [-0.4, -0.2) is 57.8 Å². The number of aryl methyl sites for hydroxylation is 1. The minimum atomic E-state index is -4.55. The Kier molecular flexibility index (Phi) is 9.27. The van der Waals surface area contributed by atoms with Gasteiger partial charge in [-0.05, 0) is 93.0 Å². The molecule has 246 valence electrons. The predicted octanol–water partition coefficient (Wildman–Crippen LogP) is 5.82. The zero-order chi connectivity index (χ0) is 33.4. The highest BCUT2D eigenvalue weighted by atomic mass is 19.4. The molecule has 0 unspecified atom stereocenters. The van der Waals surface area contributed by atoms with E-state index in [9.17, 15) is 27.2 Å². The number of carbonyl (C=O) groups excluding carboxylic acids is 2. The number of nitrogens with one attached hydrogen (secondary N) is 1. The van der Waals surface area contributed by atoms with Gasteiger partial charge in [-0.2, -0.15) is 13.2 Å². The third-order valence-electron chi connectivity index (χ3n) is 9.20. The SMILES string of the molecule is CC#CC(=O)N1CC[C@H](F)C1.CN[C@@H](C)c1cc2c(c(C(F)(F)F)c1)CN(c1cccc(C3(c4nncn4C)CC(C)C3)c1)C2=O.[HH]. The number of fused-ring (bicyclic) bond motifs is 1. The molecule has 3 aliphatic rings. The van der Waals surface area contributed by atoms with Gasteiger partial charge in [-0.3, -0.25) is 9.59 Å². The Morgan fingerprint density at radius 3 is 2.52 bits per heavy atom. The molecule has 46 heavy (non-hydrogen) atoms. The summed E-state index contributed by atoms with van der Waals surface area (Å²) in [5, 5.41) is 11.4. The van der Waals surface area contributed by atoms with E-state index in [1.54, 1.807) is 39.4 Å². The van der Waals surface area contributed by atoms with Crippen molar-refractivity contribution in [2.24, 2.45) is 13.0 Å². The summed E-state index contributed by atoms with van der Waals surface area (Å²) in [7, 11) is 3.59. The van der Waals surface area contributed by atoms with E-state index in [2.05, 4.69) is 34.3 Å². The van der Waals surface area contributed by atoms with Crippen molar-refractivity contribution in [2.45, 2.75) is 70.4 Å². The van der Waals surface area contributed by atoms with Crippen molar-refractivity contribution in [1.29, 1.82) is 0 Å². The van der Waals surface area contributed by atoms with E-state index in [4.69, 9.17) is 0 Å². The van der Waals surface area contributed by atoms with Crippen molar-refractivity contribution in [1.82, 2.24) is 25.0 Å². The highest BCUT2D eigenvalue weighted by Crippen LogP contribution is 2.52. The summed E-state index contributed by atoms with van der Waals surface area (Å²) >= 11 is 0. The lowest BCUT2D eigenvalue weighted by atomic mass is 9.58. The van der Waals surface area contributed by atoms with Gasteiger partial charge < -0.3 is 19.7 Å². The largest absolute Gasteiger partial charge is 0.416 e. The molecule has 2 aromatic carbocycles. The number of hydrogen-bond acceptors (Lipinski definition) is 5. The Balaban J connectivity index is 0.000000356. The molecule has 8 nitrogen and oxygen atoms in total. The Morgan fingerprint density at radius 2 is 1.96 bits per heavy atom. The number of likely N-dealkylation sites (tertiary alicyclic amines) is 1. The first-order valence-corrected chi connectivity index (χ1v) is 15.3. The lowest BCUT2D eigenvalue weighted by molar-refractivity contribution is -0.138. The number of benzene rings is 2. The van der Waals surface area contributed by atoms with Crippen LogP contribution < -0.4 is 10.2 Å². The normalized spacial score (nSPS) is 22.8. The van der Waals surface area contributed by atoms with E-state index in [1.807, 2.05) is 29.8 Å². The zero-order valence-corrected chi connectivity index (χ0v) is 26.6. The molecular weight excluding hydrogens is 600 g/mol. The van der Waals surface area contributed by atoms with Gasteiger partial charge in [0.2, 0.25) is 0 Å². The first kappa shape index (κ1) is 33.1. The molecule has 0 bridgehead atoms. The Bertz CT molecular complexity index is 1690. The van der Waals surface area contributed by atoms with Crippen LogP contribution in [0.2, 0.25) is 0 Å². The summed E-state index contributed by atoms with van der Waals surface area (Å²) in [5.41, 5.74) is 1.08. The van der Waals surface area contributed by atoms with Crippen LogP contribution in [0.1, 0.15) is 85.9 Å². The quantitative estimate of drug-likeness (QED) is 0.281. The van der Waals surface area contributed by atoms with E-state index < -0.39 is 23.8 Å². The number of nitrogens with zero attached hydrogens (tertiary/aromatic N) is 5. The van der Waals surface area contributed by atoms with Crippen LogP contribution in [-0.2, 0) is 30.0 Å². The number of rotatable bonds is 5. The van der Waals surface area contributed by atoms with Crippen LogP contribution in [0, 0.1) is 17.8 Å². The number of anilines is 1. The lowest BCUT2D eigenvalue weighted by Gasteiger charge is -2.46. The van der Waals surface area contributed by atoms with Crippen molar-refractivity contribution < 1.29 is 28.6 Å². The van der Waals surface area contributed by atoms with Gasteiger partial charge in [-0.1, -0.05) is 25.0 Å². The van der Waals surface area contributed by atoms with Crippen molar-refractivity contribution >= 4 is 17.5 Å². The maximum Gasteiger partial charge on any atom is 0.416 e. The van der Waals surface area contributed by atoms with Crippen molar-refractivity contribution in [3.8, 4) is 11.8 Å². The molecule has 1 aromatic heterocycles. The molecule has 3 aromatic rings. The number of hydrogen-bond donors (Lipinski definition) is 1. The van der Waals surface area contributed by atoms with Gasteiger partial charge in [-0.15, -0.1) is 10.2 Å². The summed E-state index contributed by atoms with van der Waals surface area (Å²) in [5.74, 6) is 5.57. The molecule has 0 spiro atoms. The molecule has 12 heteroatoms. The van der Waals surface area contributed by atoms with E-state index >= 15 is 0 Å².